The average Bonchev–Trinajstić information content (AvgIpc) is 2.77. The van der Waals surface area contributed by atoms with Crippen LogP contribution >= 0.6 is 0 Å². The molecule has 0 unspecified atom stereocenters. The summed E-state index contributed by atoms with van der Waals surface area (Å²) in [4.78, 5) is 0. The summed E-state index contributed by atoms with van der Waals surface area (Å²) in [6.07, 6.45) is 2.95. The standard InChI is InChI=1S/C18H18O/c1-14-12-17(15-8-4-2-5-9-15)18(19,13-14)16-10-6-3-7-11-16/h2-12,14,19H,13H2,1H3/t14-,18+/m0/s1. The highest BCUT2D eigenvalue weighted by Gasteiger charge is 2.40. The van der Waals surface area contributed by atoms with Gasteiger partial charge in [-0.15, -0.1) is 0 Å². The lowest BCUT2D eigenvalue weighted by Crippen LogP contribution is -2.25. The quantitative estimate of drug-likeness (QED) is 0.854. The third-order valence-electron chi connectivity index (χ3n) is 3.85. The maximum Gasteiger partial charge on any atom is 0.115 e. The third kappa shape index (κ3) is 2.11. The highest BCUT2D eigenvalue weighted by Crippen LogP contribution is 2.46. The molecule has 1 aliphatic carbocycles. The van der Waals surface area contributed by atoms with Crippen LogP contribution in [0.15, 0.2) is 66.7 Å². The van der Waals surface area contributed by atoms with Gasteiger partial charge in [0.05, 0.1) is 0 Å². The van der Waals surface area contributed by atoms with Crippen molar-refractivity contribution in [2.45, 2.75) is 18.9 Å². The van der Waals surface area contributed by atoms with E-state index < -0.39 is 5.60 Å². The van der Waals surface area contributed by atoms with Crippen LogP contribution in [0.2, 0.25) is 0 Å². The molecule has 0 saturated heterocycles. The molecule has 2 atom stereocenters. The molecule has 3 rings (SSSR count). The number of hydrogen-bond donors (Lipinski definition) is 1. The van der Waals surface area contributed by atoms with Crippen molar-refractivity contribution in [3.63, 3.8) is 0 Å². The van der Waals surface area contributed by atoms with Crippen molar-refractivity contribution in [3.8, 4) is 0 Å². The van der Waals surface area contributed by atoms with Crippen LogP contribution in [0, 0.1) is 5.92 Å². The van der Waals surface area contributed by atoms with Crippen molar-refractivity contribution < 1.29 is 5.11 Å². The van der Waals surface area contributed by atoms with Crippen LogP contribution in [0.5, 0.6) is 0 Å². The lowest BCUT2D eigenvalue weighted by atomic mass is 9.83. The summed E-state index contributed by atoms with van der Waals surface area (Å²) < 4.78 is 0. The van der Waals surface area contributed by atoms with Gasteiger partial charge in [0.15, 0.2) is 0 Å². The molecule has 1 nitrogen and oxygen atoms in total. The number of benzene rings is 2. The molecule has 1 N–H and O–H groups in total. The molecule has 0 fully saturated rings. The normalized spacial score (nSPS) is 26.2. The zero-order valence-electron chi connectivity index (χ0n) is 11.1. The van der Waals surface area contributed by atoms with Crippen LogP contribution in [0.1, 0.15) is 24.5 Å². The number of rotatable bonds is 2. The van der Waals surface area contributed by atoms with E-state index in [2.05, 4.69) is 25.1 Å². The summed E-state index contributed by atoms with van der Waals surface area (Å²) in [6, 6.07) is 20.1. The van der Waals surface area contributed by atoms with Crippen molar-refractivity contribution in [1.82, 2.24) is 0 Å². The summed E-state index contributed by atoms with van der Waals surface area (Å²) in [6.45, 7) is 2.16. The molecule has 0 heterocycles. The van der Waals surface area contributed by atoms with E-state index in [4.69, 9.17) is 0 Å². The molecule has 1 heteroatoms. The first kappa shape index (κ1) is 12.2. The van der Waals surface area contributed by atoms with E-state index in [1.54, 1.807) is 0 Å². The number of hydrogen-bond acceptors (Lipinski definition) is 1. The Bertz CT molecular complexity index is 586. The van der Waals surface area contributed by atoms with Gasteiger partial charge in [-0.05, 0) is 29.0 Å². The van der Waals surface area contributed by atoms with Gasteiger partial charge in [-0.1, -0.05) is 73.7 Å². The van der Waals surface area contributed by atoms with Crippen LogP contribution in [0.4, 0.5) is 0 Å². The van der Waals surface area contributed by atoms with Crippen molar-refractivity contribution in [3.05, 3.63) is 77.9 Å². The van der Waals surface area contributed by atoms with Crippen LogP contribution in [0.25, 0.3) is 5.57 Å². The predicted octanol–water partition coefficient (Wildman–Crippen LogP) is 4.00. The van der Waals surface area contributed by atoms with E-state index in [0.717, 1.165) is 23.1 Å². The molecule has 1 aliphatic rings. The Morgan fingerprint density at radius 3 is 2.16 bits per heavy atom. The van der Waals surface area contributed by atoms with Crippen molar-refractivity contribution in [2.24, 2.45) is 5.92 Å². The molecule has 96 valence electrons. The largest absolute Gasteiger partial charge is 0.380 e. The van der Waals surface area contributed by atoms with E-state index in [0.29, 0.717) is 5.92 Å². The van der Waals surface area contributed by atoms with Crippen LogP contribution in [-0.2, 0) is 5.60 Å². The Morgan fingerprint density at radius 1 is 0.947 bits per heavy atom. The first-order valence-electron chi connectivity index (χ1n) is 6.76. The van der Waals surface area contributed by atoms with E-state index in [1.807, 2.05) is 48.5 Å². The fourth-order valence-electron chi connectivity index (χ4n) is 3.00. The molecule has 2 aromatic rings. The van der Waals surface area contributed by atoms with Gasteiger partial charge in [-0.25, -0.2) is 0 Å². The first-order valence-corrected chi connectivity index (χ1v) is 6.76. The van der Waals surface area contributed by atoms with E-state index in [9.17, 15) is 5.11 Å². The van der Waals surface area contributed by atoms with Gasteiger partial charge in [-0.2, -0.15) is 0 Å². The number of allylic oxidation sites excluding steroid dienone is 1. The van der Waals surface area contributed by atoms with Crippen LogP contribution in [0.3, 0.4) is 0 Å². The molecule has 19 heavy (non-hydrogen) atoms. The third-order valence-corrected chi connectivity index (χ3v) is 3.85. The molecule has 0 aromatic heterocycles. The van der Waals surface area contributed by atoms with Gasteiger partial charge in [-0.3, -0.25) is 0 Å². The highest BCUT2D eigenvalue weighted by atomic mass is 16.3. The van der Waals surface area contributed by atoms with Crippen molar-refractivity contribution >= 4 is 5.57 Å². The SMILES string of the molecule is C[C@H]1C=C(c2ccccc2)[C@](O)(c2ccccc2)C1. The monoisotopic (exact) mass is 250 g/mol. The fourth-order valence-corrected chi connectivity index (χ4v) is 3.00. The summed E-state index contributed by atoms with van der Waals surface area (Å²) in [5.41, 5.74) is 2.27. The van der Waals surface area contributed by atoms with E-state index >= 15 is 0 Å². The molecule has 0 radical (unpaired) electrons. The minimum absolute atomic E-state index is 0.389. The molecule has 0 spiro atoms. The molecule has 0 amide bonds. The molecular weight excluding hydrogens is 232 g/mol. The van der Waals surface area contributed by atoms with Crippen LogP contribution < -0.4 is 0 Å². The van der Waals surface area contributed by atoms with Gasteiger partial charge >= 0.3 is 0 Å². The van der Waals surface area contributed by atoms with Crippen molar-refractivity contribution in [1.29, 1.82) is 0 Å². The van der Waals surface area contributed by atoms with E-state index in [-0.39, 0.29) is 0 Å². The summed E-state index contributed by atoms with van der Waals surface area (Å²) in [5, 5.41) is 11.2. The Morgan fingerprint density at radius 2 is 1.53 bits per heavy atom. The summed E-state index contributed by atoms with van der Waals surface area (Å²) in [7, 11) is 0. The van der Waals surface area contributed by atoms with E-state index in [1.165, 1.54) is 0 Å². The second-order valence-electron chi connectivity index (χ2n) is 5.35. The summed E-state index contributed by atoms with van der Waals surface area (Å²) >= 11 is 0. The zero-order chi connectivity index (χ0) is 13.3. The lowest BCUT2D eigenvalue weighted by Gasteiger charge is -2.28. The minimum Gasteiger partial charge on any atom is -0.380 e. The topological polar surface area (TPSA) is 20.2 Å². The molecule has 0 aliphatic heterocycles. The average molecular weight is 250 g/mol. The Hall–Kier alpha value is -1.86. The predicted molar refractivity (Wildman–Crippen MR) is 78.5 cm³/mol. The second kappa shape index (κ2) is 4.67. The Labute approximate surface area is 114 Å². The molecular formula is C18H18O. The lowest BCUT2D eigenvalue weighted by molar-refractivity contribution is 0.0906. The molecule has 2 aromatic carbocycles. The van der Waals surface area contributed by atoms with Gasteiger partial charge in [0.25, 0.3) is 0 Å². The fraction of sp³-hybridized carbons (Fsp3) is 0.222. The van der Waals surface area contributed by atoms with Crippen molar-refractivity contribution in [2.75, 3.05) is 0 Å². The maximum absolute atomic E-state index is 11.2. The molecule has 0 bridgehead atoms. The van der Waals surface area contributed by atoms with Gasteiger partial charge in [0.1, 0.15) is 5.60 Å². The van der Waals surface area contributed by atoms with Gasteiger partial charge in [0, 0.05) is 0 Å². The van der Waals surface area contributed by atoms with Gasteiger partial charge < -0.3 is 5.11 Å². The number of aliphatic hydroxyl groups is 1. The zero-order valence-corrected chi connectivity index (χ0v) is 11.1. The minimum atomic E-state index is -0.859. The second-order valence-corrected chi connectivity index (χ2v) is 5.35. The Balaban J connectivity index is 2.09. The maximum atomic E-state index is 11.2. The first-order chi connectivity index (χ1) is 9.20. The summed E-state index contributed by atoms with van der Waals surface area (Å²) in [5.74, 6) is 0.389. The van der Waals surface area contributed by atoms with Crippen LogP contribution in [-0.4, -0.2) is 5.11 Å². The Kier molecular flexibility index (Phi) is 3.00. The smallest absolute Gasteiger partial charge is 0.115 e. The highest BCUT2D eigenvalue weighted by molar-refractivity contribution is 5.76. The van der Waals surface area contributed by atoms with Gasteiger partial charge in [0.2, 0.25) is 0 Å². The molecule has 0 saturated carbocycles.